The van der Waals surface area contributed by atoms with Crippen molar-refractivity contribution < 1.29 is 0 Å². The first-order valence-electron chi connectivity index (χ1n) is 20.3. The molecule has 0 radical (unpaired) electrons. The second kappa shape index (κ2) is 37.7. The number of halogens is 2. The van der Waals surface area contributed by atoms with Gasteiger partial charge in [0.25, 0.3) is 0 Å². The topological polar surface area (TPSA) is 0 Å². The lowest BCUT2D eigenvalue weighted by Gasteiger charge is -2.11. The van der Waals surface area contributed by atoms with Gasteiger partial charge in [0.05, 0.1) is 0 Å². The number of hydrogen-bond acceptors (Lipinski definition) is 0. The molecule has 3 heteroatoms. The van der Waals surface area contributed by atoms with E-state index in [-0.39, 0.29) is 0 Å². The van der Waals surface area contributed by atoms with Crippen LogP contribution in [0.15, 0.2) is 0 Å². The van der Waals surface area contributed by atoms with E-state index in [0.717, 1.165) is 0 Å². The number of hydrogen-bond donors (Lipinski definition) is 0. The van der Waals surface area contributed by atoms with Gasteiger partial charge in [-0.25, -0.2) is 0 Å². The molecule has 0 amide bonds. The van der Waals surface area contributed by atoms with Gasteiger partial charge in [-0.15, -0.1) is 0 Å². The third-order valence-corrected chi connectivity index (χ3v) is 12.5. The van der Waals surface area contributed by atoms with Crippen LogP contribution in [0.2, 0.25) is 19.1 Å². The van der Waals surface area contributed by atoms with Crippen molar-refractivity contribution >= 4 is 41.1 Å². The fraction of sp³-hybridized carbons (Fsp3) is 1.00. The zero-order valence-electron chi connectivity index (χ0n) is 30.1. The molecule has 0 fully saturated rings. The minimum absolute atomic E-state index is 1.30. The summed E-state index contributed by atoms with van der Waals surface area (Å²) in [4.78, 5) is 0. The first kappa shape index (κ1) is 44.2. The Hall–Kier alpha value is 1.24. The smallest absolute Gasteiger partial charge is 0.150 e. The summed E-state index contributed by atoms with van der Waals surface area (Å²) in [6.45, 7) is 4.55. The van der Waals surface area contributed by atoms with Crippen molar-refractivity contribution in [2.75, 3.05) is 4.43 Å². The van der Waals surface area contributed by atoms with E-state index in [9.17, 15) is 0 Å². The molecule has 0 N–H and O–H groups in total. The minimum atomic E-state index is -1.31. The molecule has 0 rings (SSSR count). The van der Waals surface area contributed by atoms with Crippen LogP contribution in [0.1, 0.15) is 231 Å². The summed E-state index contributed by atoms with van der Waals surface area (Å²) in [5.74, 6) is 0. The van der Waals surface area contributed by atoms with Gasteiger partial charge in [0, 0.05) is 0 Å². The number of unbranched alkanes of at least 4 members (excludes halogenated alkanes) is 35. The Morgan fingerprint density at radius 3 is 0.558 bits per heavy atom. The first-order chi connectivity index (χ1) is 21.1. The molecule has 0 unspecified atom stereocenters. The van der Waals surface area contributed by atoms with E-state index in [4.69, 9.17) is 11.1 Å². The van der Waals surface area contributed by atoms with Gasteiger partial charge in [-0.3, -0.25) is 0 Å². The minimum Gasteiger partial charge on any atom is -0.168 e. The van der Waals surface area contributed by atoms with Crippen molar-refractivity contribution in [2.45, 2.75) is 250 Å². The largest absolute Gasteiger partial charge is 0.168 e. The lowest BCUT2D eigenvalue weighted by Crippen LogP contribution is -2.14. The molecule has 0 heterocycles. The predicted octanol–water partition coefficient (Wildman–Crippen LogP) is 16.9. The van der Waals surface area contributed by atoms with Crippen molar-refractivity contribution in [1.29, 1.82) is 0 Å². The highest BCUT2D eigenvalue weighted by Gasteiger charge is 2.15. The molecule has 0 atom stereocenters. The van der Waals surface area contributed by atoms with E-state index in [1.165, 1.54) is 242 Å². The normalized spacial score (nSPS) is 12.0. The van der Waals surface area contributed by atoms with Gasteiger partial charge < -0.3 is 0 Å². The third-order valence-electron chi connectivity index (χ3n) is 9.65. The van der Waals surface area contributed by atoms with Crippen molar-refractivity contribution in [1.82, 2.24) is 0 Å². The standard InChI is InChI=1S/C40H82ClISi/c1-43(2,41)40-38-36-34-32-30-28-26-24-22-20-18-16-14-12-10-8-6-4-3-5-7-9-11-13-15-17-19-21-23-25-27-29-31-33-35-37-39-42/h3-40H2,1-2H3. The van der Waals surface area contributed by atoms with Crippen molar-refractivity contribution in [2.24, 2.45) is 0 Å². The van der Waals surface area contributed by atoms with Gasteiger partial charge in [-0.1, -0.05) is 260 Å². The maximum atomic E-state index is 6.40. The zero-order valence-corrected chi connectivity index (χ0v) is 34.0. The first-order valence-corrected chi connectivity index (χ1v) is 26.1. The molecule has 0 aliphatic carbocycles. The summed E-state index contributed by atoms with van der Waals surface area (Å²) in [5.41, 5.74) is 0. The molecule has 0 bridgehead atoms. The second-order valence-electron chi connectivity index (χ2n) is 14.9. The highest BCUT2D eigenvalue weighted by molar-refractivity contribution is 14.1. The van der Waals surface area contributed by atoms with Crippen LogP contribution in [0.4, 0.5) is 0 Å². The molecule has 0 aliphatic rings. The van der Waals surface area contributed by atoms with Gasteiger partial charge >= 0.3 is 0 Å². The summed E-state index contributed by atoms with van der Waals surface area (Å²) in [6.07, 6.45) is 53.1. The van der Waals surface area contributed by atoms with Crippen LogP contribution in [-0.2, 0) is 0 Å². The molecule has 0 spiro atoms. The highest BCUT2D eigenvalue weighted by atomic mass is 127. The van der Waals surface area contributed by atoms with Gasteiger partial charge in [0.2, 0.25) is 0 Å². The quantitative estimate of drug-likeness (QED) is 0.0194. The number of rotatable bonds is 38. The second-order valence-corrected chi connectivity index (χ2v) is 23.0. The van der Waals surface area contributed by atoms with E-state index in [0.29, 0.717) is 0 Å². The lowest BCUT2D eigenvalue weighted by molar-refractivity contribution is 0.511. The average molecular weight is 754 g/mol. The van der Waals surface area contributed by atoms with Gasteiger partial charge in [0.15, 0.2) is 0 Å². The number of alkyl halides is 1. The van der Waals surface area contributed by atoms with Crippen molar-refractivity contribution in [3.63, 3.8) is 0 Å². The Morgan fingerprint density at radius 1 is 0.279 bits per heavy atom. The van der Waals surface area contributed by atoms with Gasteiger partial charge in [0.1, 0.15) is 7.38 Å². The van der Waals surface area contributed by atoms with Crippen LogP contribution >= 0.6 is 33.7 Å². The van der Waals surface area contributed by atoms with Gasteiger partial charge in [-0.05, 0) is 16.9 Å². The Bertz CT molecular complexity index is 491. The van der Waals surface area contributed by atoms with E-state index >= 15 is 0 Å². The molecule has 0 saturated carbocycles. The van der Waals surface area contributed by atoms with Crippen LogP contribution in [-0.4, -0.2) is 11.8 Å². The van der Waals surface area contributed by atoms with Crippen molar-refractivity contribution in [3.8, 4) is 0 Å². The van der Waals surface area contributed by atoms with E-state index in [1.54, 1.807) is 0 Å². The average Bonchev–Trinajstić information content (AvgIpc) is 2.98. The van der Waals surface area contributed by atoms with Crippen molar-refractivity contribution in [3.05, 3.63) is 0 Å². The predicted molar refractivity (Wildman–Crippen MR) is 213 cm³/mol. The summed E-state index contributed by atoms with van der Waals surface area (Å²) in [7, 11) is -1.31. The summed E-state index contributed by atoms with van der Waals surface area (Å²) < 4.78 is 1.34. The molecule has 0 aromatic heterocycles. The Balaban J connectivity index is 3.05. The third kappa shape index (κ3) is 43.2. The zero-order chi connectivity index (χ0) is 31.4. The van der Waals surface area contributed by atoms with E-state index in [2.05, 4.69) is 35.7 Å². The lowest BCUT2D eigenvalue weighted by atomic mass is 10.0. The van der Waals surface area contributed by atoms with E-state index < -0.39 is 7.38 Å². The fourth-order valence-corrected chi connectivity index (χ4v) is 8.68. The van der Waals surface area contributed by atoms with Crippen LogP contribution in [0.25, 0.3) is 0 Å². The van der Waals surface area contributed by atoms with E-state index in [1.807, 2.05) is 0 Å². The molecule has 0 aromatic rings. The van der Waals surface area contributed by atoms with Crippen LogP contribution < -0.4 is 0 Å². The Morgan fingerprint density at radius 2 is 0.419 bits per heavy atom. The monoisotopic (exact) mass is 752 g/mol. The fourth-order valence-electron chi connectivity index (χ4n) is 6.65. The summed E-state index contributed by atoms with van der Waals surface area (Å²) in [5, 5.41) is 0. The summed E-state index contributed by atoms with van der Waals surface area (Å²) in [6, 6.07) is 1.30. The van der Waals surface area contributed by atoms with Crippen LogP contribution in [0.3, 0.4) is 0 Å². The van der Waals surface area contributed by atoms with Gasteiger partial charge in [-0.2, -0.15) is 11.1 Å². The maximum Gasteiger partial charge on any atom is 0.150 e. The molecular weight excluding hydrogens is 671 g/mol. The Kier molecular flexibility index (Phi) is 38.8. The molecule has 0 nitrogen and oxygen atoms in total. The molecule has 260 valence electrons. The molecule has 0 aliphatic heterocycles. The summed E-state index contributed by atoms with van der Waals surface area (Å²) >= 11 is 8.91. The van der Waals surface area contributed by atoms with Crippen LogP contribution in [0, 0.1) is 0 Å². The molecular formula is C40H82ClISi. The molecule has 0 saturated heterocycles. The molecule has 0 aromatic carbocycles. The highest BCUT2D eigenvalue weighted by Crippen LogP contribution is 2.20. The molecule has 43 heavy (non-hydrogen) atoms. The SMILES string of the molecule is C[Si](C)(Cl)CCCCCCCCCCCCCCCCCCCCCCCCCCCCCCCCCCCCCCI. The maximum absolute atomic E-state index is 6.40. The van der Waals surface area contributed by atoms with Crippen LogP contribution in [0.5, 0.6) is 0 Å². The Labute approximate surface area is 294 Å².